The van der Waals surface area contributed by atoms with Gasteiger partial charge in [-0.15, -0.1) is 0 Å². The van der Waals surface area contributed by atoms with Crippen molar-refractivity contribution in [2.45, 2.75) is 25.8 Å². The lowest BCUT2D eigenvalue weighted by atomic mass is 10.1. The fourth-order valence-electron chi connectivity index (χ4n) is 2.32. The van der Waals surface area contributed by atoms with Gasteiger partial charge in [-0.3, -0.25) is 4.99 Å². The van der Waals surface area contributed by atoms with Gasteiger partial charge in [0, 0.05) is 13.1 Å². The van der Waals surface area contributed by atoms with Crippen molar-refractivity contribution in [2.75, 3.05) is 13.1 Å². The second-order valence-electron chi connectivity index (χ2n) is 4.09. The molecule has 16 heavy (non-hydrogen) atoms. The standard InChI is InChI=1S/C13H19N3/c1-2-15-13(14)16-10-6-9-12(16)11-7-4-3-5-8-11/h3-5,7-8,12H,2,6,9-10H2,1H3,(H2,14,15). The first-order valence-electron chi connectivity index (χ1n) is 5.94. The van der Waals surface area contributed by atoms with Crippen LogP contribution in [0.5, 0.6) is 0 Å². The normalized spacial score (nSPS) is 21.4. The molecule has 2 rings (SSSR count). The fourth-order valence-corrected chi connectivity index (χ4v) is 2.32. The predicted octanol–water partition coefficient (Wildman–Crippen LogP) is 2.16. The minimum Gasteiger partial charge on any atom is -0.370 e. The predicted molar refractivity (Wildman–Crippen MR) is 67.3 cm³/mol. The Morgan fingerprint density at radius 3 is 2.88 bits per heavy atom. The van der Waals surface area contributed by atoms with Crippen LogP contribution in [0.4, 0.5) is 0 Å². The Balaban J connectivity index is 2.18. The molecule has 0 bridgehead atoms. The summed E-state index contributed by atoms with van der Waals surface area (Å²) in [6, 6.07) is 11.0. The van der Waals surface area contributed by atoms with E-state index in [9.17, 15) is 0 Å². The third kappa shape index (κ3) is 2.18. The Morgan fingerprint density at radius 1 is 1.44 bits per heavy atom. The largest absolute Gasteiger partial charge is 0.370 e. The van der Waals surface area contributed by atoms with Crippen LogP contribution in [0.3, 0.4) is 0 Å². The van der Waals surface area contributed by atoms with Gasteiger partial charge in [-0.05, 0) is 25.3 Å². The number of rotatable bonds is 2. The van der Waals surface area contributed by atoms with E-state index < -0.39 is 0 Å². The van der Waals surface area contributed by atoms with E-state index in [0.717, 1.165) is 13.1 Å². The molecule has 1 aliphatic heterocycles. The minimum atomic E-state index is 0.413. The number of nitrogens with zero attached hydrogens (tertiary/aromatic N) is 2. The molecule has 1 saturated heterocycles. The summed E-state index contributed by atoms with van der Waals surface area (Å²) >= 11 is 0. The highest BCUT2D eigenvalue weighted by atomic mass is 15.3. The van der Waals surface area contributed by atoms with Gasteiger partial charge >= 0.3 is 0 Å². The maximum atomic E-state index is 5.99. The molecular weight excluding hydrogens is 198 g/mol. The second-order valence-corrected chi connectivity index (χ2v) is 4.09. The topological polar surface area (TPSA) is 41.6 Å². The number of hydrogen-bond donors (Lipinski definition) is 1. The summed E-state index contributed by atoms with van der Waals surface area (Å²) in [5.74, 6) is 0.689. The molecule has 1 aliphatic rings. The first-order valence-corrected chi connectivity index (χ1v) is 5.94. The van der Waals surface area contributed by atoms with Gasteiger partial charge in [-0.25, -0.2) is 0 Å². The Morgan fingerprint density at radius 2 is 2.19 bits per heavy atom. The van der Waals surface area contributed by atoms with Crippen LogP contribution in [0.25, 0.3) is 0 Å². The molecule has 86 valence electrons. The Kier molecular flexibility index (Phi) is 3.44. The average molecular weight is 217 g/mol. The maximum Gasteiger partial charge on any atom is 0.191 e. The van der Waals surface area contributed by atoms with Crippen molar-refractivity contribution in [2.24, 2.45) is 10.7 Å². The Labute approximate surface area is 97.0 Å². The quantitative estimate of drug-likeness (QED) is 0.609. The molecule has 0 aromatic heterocycles. The first kappa shape index (κ1) is 11.0. The summed E-state index contributed by atoms with van der Waals surface area (Å²) in [6.07, 6.45) is 2.36. The van der Waals surface area contributed by atoms with Crippen LogP contribution in [0, 0.1) is 0 Å². The molecule has 1 unspecified atom stereocenters. The van der Waals surface area contributed by atoms with Crippen molar-refractivity contribution in [3.05, 3.63) is 35.9 Å². The lowest BCUT2D eigenvalue weighted by Gasteiger charge is -2.25. The Bertz CT molecular complexity index is 359. The SMILES string of the molecule is CCN=C(N)N1CCCC1c1ccccc1. The Hall–Kier alpha value is -1.51. The first-order chi connectivity index (χ1) is 7.83. The molecule has 2 N–H and O–H groups in total. The minimum absolute atomic E-state index is 0.413. The molecule has 0 amide bonds. The van der Waals surface area contributed by atoms with E-state index in [1.165, 1.54) is 18.4 Å². The van der Waals surface area contributed by atoms with Crippen molar-refractivity contribution < 1.29 is 0 Å². The molecule has 1 aromatic carbocycles. The molecule has 0 aliphatic carbocycles. The number of aliphatic imine (C=N–C) groups is 1. The van der Waals surface area contributed by atoms with Gasteiger partial charge in [0.15, 0.2) is 5.96 Å². The second kappa shape index (κ2) is 5.01. The van der Waals surface area contributed by atoms with Crippen molar-refractivity contribution in [1.29, 1.82) is 0 Å². The van der Waals surface area contributed by atoms with E-state index in [1.807, 2.05) is 13.0 Å². The maximum absolute atomic E-state index is 5.99. The molecule has 3 heteroatoms. The number of benzene rings is 1. The number of hydrogen-bond acceptors (Lipinski definition) is 1. The van der Waals surface area contributed by atoms with E-state index in [2.05, 4.69) is 34.2 Å². The monoisotopic (exact) mass is 217 g/mol. The summed E-state index contributed by atoms with van der Waals surface area (Å²) in [4.78, 5) is 6.52. The van der Waals surface area contributed by atoms with Crippen LogP contribution >= 0.6 is 0 Å². The average Bonchev–Trinajstić information content (AvgIpc) is 2.79. The van der Waals surface area contributed by atoms with Gasteiger partial charge in [0.2, 0.25) is 0 Å². The number of likely N-dealkylation sites (tertiary alicyclic amines) is 1. The van der Waals surface area contributed by atoms with Gasteiger partial charge in [-0.2, -0.15) is 0 Å². The van der Waals surface area contributed by atoms with Gasteiger partial charge in [-0.1, -0.05) is 30.3 Å². The van der Waals surface area contributed by atoms with Crippen molar-refractivity contribution in [1.82, 2.24) is 4.90 Å². The highest BCUT2D eigenvalue weighted by molar-refractivity contribution is 5.78. The van der Waals surface area contributed by atoms with Crippen LogP contribution < -0.4 is 5.73 Å². The summed E-state index contributed by atoms with van der Waals surface area (Å²) < 4.78 is 0. The number of nitrogens with two attached hydrogens (primary N) is 1. The van der Waals surface area contributed by atoms with Crippen molar-refractivity contribution >= 4 is 5.96 Å². The molecule has 0 saturated carbocycles. The van der Waals surface area contributed by atoms with E-state index >= 15 is 0 Å². The molecule has 1 fully saturated rings. The summed E-state index contributed by atoms with van der Waals surface area (Å²) in [5.41, 5.74) is 7.34. The molecule has 3 nitrogen and oxygen atoms in total. The molecule has 0 radical (unpaired) electrons. The van der Waals surface area contributed by atoms with Crippen LogP contribution in [0.1, 0.15) is 31.4 Å². The zero-order chi connectivity index (χ0) is 11.4. The van der Waals surface area contributed by atoms with Gasteiger partial charge in [0.05, 0.1) is 6.04 Å². The summed E-state index contributed by atoms with van der Waals surface area (Å²) in [7, 11) is 0. The van der Waals surface area contributed by atoms with Gasteiger partial charge < -0.3 is 10.6 Å². The van der Waals surface area contributed by atoms with Crippen LogP contribution in [-0.4, -0.2) is 23.9 Å². The smallest absolute Gasteiger partial charge is 0.191 e. The fraction of sp³-hybridized carbons (Fsp3) is 0.462. The number of guanidine groups is 1. The van der Waals surface area contributed by atoms with Crippen LogP contribution in [0.2, 0.25) is 0 Å². The van der Waals surface area contributed by atoms with Crippen LogP contribution in [-0.2, 0) is 0 Å². The molecule has 0 spiro atoms. The van der Waals surface area contributed by atoms with Gasteiger partial charge in [0.1, 0.15) is 0 Å². The molecular formula is C13H19N3. The van der Waals surface area contributed by atoms with Crippen molar-refractivity contribution in [3.63, 3.8) is 0 Å². The van der Waals surface area contributed by atoms with E-state index in [0.29, 0.717) is 12.0 Å². The lowest BCUT2D eigenvalue weighted by molar-refractivity contribution is 0.395. The highest BCUT2D eigenvalue weighted by Crippen LogP contribution is 2.31. The van der Waals surface area contributed by atoms with Crippen LogP contribution in [0.15, 0.2) is 35.3 Å². The van der Waals surface area contributed by atoms with E-state index in [-0.39, 0.29) is 0 Å². The highest BCUT2D eigenvalue weighted by Gasteiger charge is 2.26. The van der Waals surface area contributed by atoms with E-state index in [1.54, 1.807) is 0 Å². The van der Waals surface area contributed by atoms with E-state index in [4.69, 9.17) is 5.73 Å². The zero-order valence-electron chi connectivity index (χ0n) is 9.76. The summed E-state index contributed by atoms with van der Waals surface area (Å²) in [5, 5.41) is 0. The molecule has 1 atom stereocenters. The zero-order valence-corrected chi connectivity index (χ0v) is 9.76. The molecule has 1 heterocycles. The summed E-state index contributed by atoms with van der Waals surface area (Å²) in [6.45, 7) is 3.79. The third-order valence-electron chi connectivity index (χ3n) is 3.05. The lowest BCUT2D eigenvalue weighted by Crippen LogP contribution is -2.36. The van der Waals surface area contributed by atoms with Crippen molar-refractivity contribution in [3.8, 4) is 0 Å². The van der Waals surface area contributed by atoms with Gasteiger partial charge in [0.25, 0.3) is 0 Å². The third-order valence-corrected chi connectivity index (χ3v) is 3.05. The molecule has 1 aromatic rings.